The average molecular weight is 370 g/mol. The van der Waals surface area contributed by atoms with Gasteiger partial charge in [0.2, 0.25) is 5.95 Å². The lowest BCUT2D eigenvalue weighted by Gasteiger charge is -2.11. The Balaban J connectivity index is 1.68. The van der Waals surface area contributed by atoms with Gasteiger partial charge in [-0.2, -0.15) is 4.98 Å². The summed E-state index contributed by atoms with van der Waals surface area (Å²) in [4.78, 5) is 8.58. The van der Waals surface area contributed by atoms with E-state index in [1.165, 1.54) is 12.1 Å². The summed E-state index contributed by atoms with van der Waals surface area (Å²) in [6, 6.07) is 12.9. The highest BCUT2D eigenvalue weighted by Crippen LogP contribution is 2.21. The van der Waals surface area contributed by atoms with E-state index in [2.05, 4.69) is 20.6 Å². The molecule has 2 N–H and O–H groups in total. The number of methoxy groups -OCH3 is 1. The van der Waals surface area contributed by atoms with Gasteiger partial charge in [0.25, 0.3) is 0 Å². The molecule has 1 aromatic heterocycles. The van der Waals surface area contributed by atoms with Crippen molar-refractivity contribution in [3.8, 4) is 5.75 Å². The van der Waals surface area contributed by atoms with Crippen LogP contribution < -0.4 is 15.4 Å². The lowest BCUT2D eigenvalue weighted by atomic mass is 10.1. The fourth-order valence-corrected chi connectivity index (χ4v) is 2.66. The molecule has 0 saturated carbocycles. The Morgan fingerprint density at radius 3 is 2.63 bits per heavy atom. The second-order valence-corrected chi connectivity index (χ2v) is 5.96. The molecule has 0 radical (unpaired) electrons. The standard InChI is InChI=1S/C20H20F2N4O/c1-13-11-19(23-10-9-14-5-3-4-6-18(14)27-2)26-20(24-13)25-17-8-7-15(21)12-16(17)22/h3-8,11-12H,9-10H2,1-2H3,(H2,23,24,25,26). The molecule has 7 heteroatoms. The molecule has 0 bridgehead atoms. The zero-order valence-electron chi connectivity index (χ0n) is 15.1. The molecule has 0 unspecified atom stereocenters. The summed E-state index contributed by atoms with van der Waals surface area (Å²) in [6.07, 6.45) is 0.752. The zero-order chi connectivity index (χ0) is 19.2. The number of hydrogen-bond donors (Lipinski definition) is 2. The Labute approximate surface area is 156 Å². The van der Waals surface area contributed by atoms with E-state index < -0.39 is 11.6 Å². The van der Waals surface area contributed by atoms with Gasteiger partial charge in [0.1, 0.15) is 23.2 Å². The summed E-state index contributed by atoms with van der Waals surface area (Å²) in [5.74, 6) is 0.350. The number of aromatic nitrogens is 2. The van der Waals surface area contributed by atoms with Gasteiger partial charge in [0.05, 0.1) is 12.8 Å². The Morgan fingerprint density at radius 2 is 1.85 bits per heavy atom. The highest BCUT2D eigenvalue weighted by molar-refractivity contribution is 5.56. The predicted molar refractivity (Wildman–Crippen MR) is 102 cm³/mol. The van der Waals surface area contributed by atoms with E-state index in [-0.39, 0.29) is 11.6 Å². The molecule has 0 atom stereocenters. The van der Waals surface area contributed by atoms with Crippen LogP contribution in [0.2, 0.25) is 0 Å². The number of para-hydroxylation sites is 1. The molecule has 5 nitrogen and oxygen atoms in total. The van der Waals surface area contributed by atoms with Gasteiger partial charge < -0.3 is 15.4 Å². The highest BCUT2D eigenvalue weighted by Gasteiger charge is 2.08. The van der Waals surface area contributed by atoms with Crippen LogP contribution in [0.1, 0.15) is 11.3 Å². The maximum atomic E-state index is 13.8. The Bertz CT molecular complexity index is 934. The first kappa shape index (κ1) is 18.6. The lowest BCUT2D eigenvalue weighted by molar-refractivity contribution is 0.410. The minimum atomic E-state index is -0.703. The molecular formula is C20H20F2N4O. The number of rotatable bonds is 7. The van der Waals surface area contributed by atoms with Crippen LogP contribution in [0.3, 0.4) is 0 Å². The maximum absolute atomic E-state index is 13.8. The fraction of sp³-hybridized carbons (Fsp3) is 0.200. The molecule has 0 amide bonds. The molecule has 0 saturated heterocycles. The Hall–Kier alpha value is -3.22. The van der Waals surface area contributed by atoms with E-state index in [9.17, 15) is 8.78 Å². The SMILES string of the molecule is COc1ccccc1CCNc1cc(C)nc(Nc2ccc(F)cc2F)n1. The van der Waals surface area contributed by atoms with Crippen LogP contribution in [0, 0.1) is 18.6 Å². The fourth-order valence-electron chi connectivity index (χ4n) is 2.66. The number of nitrogens with zero attached hydrogens (tertiary/aromatic N) is 2. The van der Waals surface area contributed by atoms with E-state index >= 15 is 0 Å². The summed E-state index contributed by atoms with van der Waals surface area (Å²) in [7, 11) is 1.65. The number of benzene rings is 2. The first-order chi connectivity index (χ1) is 13.0. The van der Waals surface area contributed by atoms with Crippen molar-refractivity contribution in [3.05, 3.63) is 71.4 Å². The van der Waals surface area contributed by atoms with Crippen LogP contribution in [-0.2, 0) is 6.42 Å². The molecule has 0 fully saturated rings. The minimum Gasteiger partial charge on any atom is -0.496 e. The summed E-state index contributed by atoms with van der Waals surface area (Å²) in [6.45, 7) is 2.46. The largest absolute Gasteiger partial charge is 0.496 e. The van der Waals surface area contributed by atoms with Gasteiger partial charge in [-0.15, -0.1) is 0 Å². The first-order valence-corrected chi connectivity index (χ1v) is 8.48. The van der Waals surface area contributed by atoms with E-state index in [1.54, 1.807) is 13.2 Å². The first-order valence-electron chi connectivity index (χ1n) is 8.48. The van der Waals surface area contributed by atoms with Gasteiger partial charge >= 0.3 is 0 Å². The van der Waals surface area contributed by atoms with Gasteiger partial charge in [0.15, 0.2) is 0 Å². The normalized spacial score (nSPS) is 10.5. The topological polar surface area (TPSA) is 59.1 Å². The van der Waals surface area contributed by atoms with Crippen molar-refractivity contribution in [2.24, 2.45) is 0 Å². The number of anilines is 3. The molecule has 1 heterocycles. The van der Waals surface area contributed by atoms with Crippen molar-refractivity contribution in [2.75, 3.05) is 24.3 Å². The predicted octanol–water partition coefficient (Wildman–Crippen LogP) is 4.47. The third-order valence-corrected chi connectivity index (χ3v) is 3.92. The summed E-state index contributed by atoms with van der Waals surface area (Å²) >= 11 is 0. The van der Waals surface area contributed by atoms with E-state index in [4.69, 9.17) is 4.74 Å². The summed E-state index contributed by atoms with van der Waals surface area (Å²) in [5.41, 5.74) is 1.92. The molecule has 27 heavy (non-hydrogen) atoms. The Kier molecular flexibility index (Phi) is 5.80. The van der Waals surface area contributed by atoms with Gasteiger partial charge in [0, 0.05) is 24.4 Å². The molecule has 140 valence electrons. The van der Waals surface area contributed by atoms with Crippen molar-refractivity contribution in [2.45, 2.75) is 13.3 Å². The molecule has 3 rings (SSSR count). The number of nitrogens with one attached hydrogen (secondary N) is 2. The molecule has 0 aliphatic rings. The number of hydrogen-bond acceptors (Lipinski definition) is 5. The van der Waals surface area contributed by atoms with Gasteiger partial charge in [-0.25, -0.2) is 13.8 Å². The third-order valence-electron chi connectivity index (χ3n) is 3.92. The second kappa shape index (κ2) is 8.44. The zero-order valence-corrected chi connectivity index (χ0v) is 15.1. The second-order valence-electron chi connectivity index (χ2n) is 5.96. The molecule has 2 aromatic carbocycles. The summed E-state index contributed by atoms with van der Waals surface area (Å²) < 4.78 is 32.2. The van der Waals surface area contributed by atoms with E-state index in [0.717, 1.165) is 29.5 Å². The summed E-state index contributed by atoms with van der Waals surface area (Å²) in [5, 5.41) is 6.02. The average Bonchev–Trinajstić information content (AvgIpc) is 2.64. The quantitative estimate of drug-likeness (QED) is 0.643. The van der Waals surface area contributed by atoms with Gasteiger partial charge in [-0.05, 0) is 37.1 Å². The van der Waals surface area contributed by atoms with Crippen molar-refractivity contribution in [1.29, 1.82) is 0 Å². The van der Waals surface area contributed by atoms with Crippen LogP contribution in [0.4, 0.5) is 26.2 Å². The van der Waals surface area contributed by atoms with Crippen molar-refractivity contribution >= 4 is 17.5 Å². The van der Waals surface area contributed by atoms with E-state index in [1.807, 2.05) is 31.2 Å². The number of aryl methyl sites for hydroxylation is 1. The molecular weight excluding hydrogens is 350 g/mol. The van der Waals surface area contributed by atoms with Crippen molar-refractivity contribution in [3.63, 3.8) is 0 Å². The lowest BCUT2D eigenvalue weighted by Crippen LogP contribution is -2.09. The highest BCUT2D eigenvalue weighted by atomic mass is 19.1. The molecule has 0 spiro atoms. The monoisotopic (exact) mass is 370 g/mol. The van der Waals surface area contributed by atoms with Crippen molar-refractivity contribution in [1.82, 2.24) is 9.97 Å². The van der Waals surface area contributed by atoms with Crippen molar-refractivity contribution < 1.29 is 13.5 Å². The Morgan fingerprint density at radius 1 is 1.04 bits per heavy atom. The van der Waals surface area contributed by atoms with E-state index in [0.29, 0.717) is 12.4 Å². The number of ether oxygens (including phenoxy) is 1. The minimum absolute atomic E-state index is 0.113. The molecule has 3 aromatic rings. The maximum Gasteiger partial charge on any atom is 0.229 e. The molecule has 0 aliphatic carbocycles. The van der Waals surface area contributed by atoms with Crippen LogP contribution in [0.25, 0.3) is 0 Å². The molecule has 0 aliphatic heterocycles. The van der Waals surface area contributed by atoms with Crippen LogP contribution in [-0.4, -0.2) is 23.6 Å². The number of halogens is 2. The smallest absolute Gasteiger partial charge is 0.229 e. The van der Waals surface area contributed by atoms with Crippen LogP contribution in [0.15, 0.2) is 48.5 Å². The van der Waals surface area contributed by atoms with Crippen LogP contribution in [0.5, 0.6) is 5.75 Å². The third kappa shape index (κ3) is 4.91. The van der Waals surface area contributed by atoms with Crippen LogP contribution >= 0.6 is 0 Å². The van der Waals surface area contributed by atoms with Gasteiger partial charge in [-0.1, -0.05) is 18.2 Å². The van der Waals surface area contributed by atoms with Gasteiger partial charge in [-0.3, -0.25) is 0 Å².